The first-order valence-corrected chi connectivity index (χ1v) is 14.8. The summed E-state index contributed by atoms with van der Waals surface area (Å²) in [6.45, 7) is 7.93. The number of unbranched alkanes of at least 4 members (excludes halogenated alkanes) is 7. The fourth-order valence-electron chi connectivity index (χ4n) is 4.93. The van der Waals surface area contributed by atoms with Crippen molar-refractivity contribution in [1.29, 1.82) is 0 Å². The van der Waals surface area contributed by atoms with Crippen molar-refractivity contribution in [3.05, 3.63) is 71.8 Å². The van der Waals surface area contributed by atoms with E-state index in [0.717, 1.165) is 30.4 Å². The highest BCUT2D eigenvalue weighted by Gasteiger charge is 2.36. The van der Waals surface area contributed by atoms with E-state index in [9.17, 15) is 14.4 Å². The number of carbonyl (C=O) groups excluding carboxylic acids is 3. The zero-order valence-electron chi connectivity index (χ0n) is 24.7. The molecule has 7 heteroatoms. The van der Waals surface area contributed by atoms with Gasteiger partial charge in [-0.3, -0.25) is 19.6 Å². The van der Waals surface area contributed by atoms with Gasteiger partial charge >= 0.3 is 0 Å². The first-order chi connectivity index (χ1) is 19.2. The van der Waals surface area contributed by atoms with E-state index in [1.165, 1.54) is 32.1 Å². The summed E-state index contributed by atoms with van der Waals surface area (Å²) in [5, 5.41) is 15.2. The number of hydrogen-bond acceptors (Lipinski definition) is 4. The lowest BCUT2D eigenvalue weighted by atomic mass is 9.84. The molecule has 3 amide bonds. The maximum absolute atomic E-state index is 13.7. The molecule has 0 bridgehead atoms. The number of carbonyl (C=O) groups is 3. The first-order valence-electron chi connectivity index (χ1n) is 14.8. The minimum Gasteiger partial charge on any atom is -0.344 e. The van der Waals surface area contributed by atoms with Crippen LogP contribution >= 0.6 is 0 Å². The summed E-state index contributed by atoms with van der Waals surface area (Å²) >= 11 is 0. The Labute approximate surface area is 240 Å². The Bertz CT molecular complexity index is 981. The maximum atomic E-state index is 13.7. The largest absolute Gasteiger partial charge is 0.344 e. The zero-order valence-corrected chi connectivity index (χ0v) is 24.7. The highest BCUT2D eigenvalue weighted by atomic mass is 16.5. The first kappa shape index (κ1) is 33.0. The monoisotopic (exact) mass is 551 g/mol. The number of amides is 3. The average molecular weight is 552 g/mol. The van der Waals surface area contributed by atoms with Crippen LogP contribution in [0.2, 0.25) is 0 Å². The summed E-state index contributed by atoms with van der Waals surface area (Å²) in [5.41, 5.74) is 2.94. The van der Waals surface area contributed by atoms with Crippen molar-refractivity contribution in [2.45, 2.75) is 104 Å². The van der Waals surface area contributed by atoms with E-state index >= 15 is 0 Å². The Hall–Kier alpha value is -3.19. The summed E-state index contributed by atoms with van der Waals surface area (Å²) in [4.78, 5) is 39.2. The van der Waals surface area contributed by atoms with Gasteiger partial charge in [0.2, 0.25) is 17.7 Å². The normalized spacial score (nSPS) is 12.9. The number of rotatable bonds is 17. The Morgan fingerprint density at radius 3 is 1.70 bits per heavy atom. The SMILES string of the molecule is CCCCCCCCCCC(CC(=O)NO)C(=O)N[C@H](C(=O)NC(c1ccccc1)c1ccccc1)C(C)(C)C. The molecule has 2 aromatic carbocycles. The highest BCUT2D eigenvalue weighted by molar-refractivity contribution is 5.91. The molecular formula is C33H49N3O4. The minimum atomic E-state index is -0.826. The molecule has 0 radical (unpaired) electrons. The van der Waals surface area contributed by atoms with Crippen LogP contribution < -0.4 is 16.1 Å². The molecule has 2 rings (SSSR count). The van der Waals surface area contributed by atoms with Gasteiger partial charge in [0.1, 0.15) is 6.04 Å². The van der Waals surface area contributed by atoms with Gasteiger partial charge in [-0.25, -0.2) is 5.48 Å². The molecule has 1 unspecified atom stereocenters. The molecule has 0 aliphatic rings. The van der Waals surface area contributed by atoms with Gasteiger partial charge in [-0.1, -0.05) is 140 Å². The molecule has 40 heavy (non-hydrogen) atoms. The second-order valence-corrected chi connectivity index (χ2v) is 11.8. The lowest BCUT2D eigenvalue weighted by Gasteiger charge is -2.33. The van der Waals surface area contributed by atoms with Crippen LogP contribution in [0.1, 0.15) is 109 Å². The van der Waals surface area contributed by atoms with E-state index in [1.54, 1.807) is 5.48 Å². The predicted octanol–water partition coefficient (Wildman–Crippen LogP) is 6.47. The molecule has 220 valence electrons. The van der Waals surface area contributed by atoms with Crippen LogP contribution in [0, 0.1) is 11.3 Å². The van der Waals surface area contributed by atoms with Crippen molar-refractivity contribution < 1.29 is 19.6 Å². The smallest absolute Gasteiger partial charge is 0.244 e. The molecule has 2 atom stereocenters. The second kappa shape index (κ2) is 17.5. The quantitative estimate of drug-likeness (QED) is 0.103. The second-order valence-electron chi connectivity index (χ2n) is 11.8. The van der Waals surface area contributed by atoms with E-state index in [-0.39, 0.29) is 24.3 Å². The van der Waals surface area contributed by atoms with Crippen molar-refractivity contribution in [1.82, 2.24) is 16.1 Å². The molecule has 0 heterocycles. The maximum Gasteiger partial charge on any atom is 0.244 e. The third-order valence-electron chi connectivity index (χ3n) is 7.30. The van der Waals surface area contributed by atoms with E-state index in [1.807, 2.05) is 81.4 Å². The zero-order chi connectivity index (χ0) is 29.4. The number of hydrogen-bond donors (Lipinski definition) is 4. The van der Waals surface area contributed by atoms with Crippen LogP contribution in [0.15, 0.2) is 60.7 Å². The Morgan fingerprint density at radius 2 is 1.23 bits per heavy atom. The van der Waals surface area contributed by atoms with E-state index in [0.29, 0.717) is 6.42 Å². The van der Waals surface area contributed by atoms with Crippen LogP contribution in [0.25, 0.3) is 0 Å². The molecule has 4 N–H and O–H groups in total. The summed E-state index contributed by atoms with van der Waals surface area (Å²) < 4.78 is 0. The van der Waals surface area contributed by atoms with E-state index < -0.39 is 23.3 Å². The Kier molecular flexibility index (Phi) is 14.4. The van der Waals surface area contributed by atoms with Crippen LogP contribution in [-0.4, -0.2) is 29.0 Å². The minimum absolute atomic E-state index is 0.131. The van der Waals surface area contributed by atoms with Crippen molar-refractivity contribution in [3.8, 4) is 0 Å². The average Bonchev–Trinajstić information content (AvgIpc) is 2.95. The van der Waals surface area contributed by atoms with E-state index in [2.05, 4.69) is 17.6 Å². The van der Waals surface area contributed by atoms with Gasteiger partial charge in [0.15, 0.2) is 0 Å². The molecule has 0 spiro atoms. The van der Waals surface area contributed by atoms with Crippen LogP contribution in [0.4, 0.5) is 0 Å². The summed E-state index contributed by atoms with van der Waals surface area (Å²) in [6, 6.07) is 18.3. The van der Waals surface area contributed by atoms with Gasteiger partial charge < -0.3 is 10.6 Å². The number of nitrogens with one attached hydrogen (secondary N) is 3. The lowest BCUT2D eigenvalue weighted by Crippen LogP contribution is -2.55. The van der Waals surface area contributed by atoms with Crippen molar-refractivity contribution >= 4 is 17.7 Å². The molecule has 7 nitrogen and oxygen atoms in total. The van der Waals surface area contributed by atoms with Gasteiger partial charge in [0.25, 0.3) is 0 Å². The third kappa shape index (κ3) is 11.5. The predicted molar refractivity (Wildman–Crippen MR) is 160 cm³/mol. The van der Waals surface area contributed by atoms with Gasteiger partial charge in [-0.2, -0.15) is 0 Å². The lowest BCUT2D eigenvalue weighted by molar-refractivity contribution is -0.137. The van der Waals surface area contributed by atoms with Gasteiger partial charge in [0, 0.05) is 12.3 Å². The number of hydroxylamine groups is 1. The van der Waals surface area contributed by atoms with Crippen LogP contribution in [0.3, 0.4) is 0 Å². The van der Waals surface area contributed by atoms with Crippen LogP contribution in [0.5, 0.6) is 0 Å². The third-order valence-corrected chi connectivity index (χ3v) is 7.30. The van der Waals surface area contributed by atoms with Crippen molar-refractivity contribution in [3.63, 3.8) is 0 Å². The van der Waals surface area contributed by atoms with E-state index in [4.69, 9.17) is 5.21 Å². The summed E-state index contributed by atoms with van der Waals surface area (Å²) in [5.74, 6) is -1.89. The molecule has 0 aliphatic heterocycles. The molecule has 2 aromatic rings. The fourth-order valence-corrected chi connectivity index (χ4v) is 4.93. The molecule has 0 saturated carbocycles. The van der Waals surface area contributed by atoms with Crippen molar-refractivity contribution in [2.75, 3.05) is 0 Å². The van der Waals surface area contributed by atoms with Gasteiger partial charge in [0.05, 0.1) is 6.04 Å². The van der Waals surface area contributed by atoms with Gasteiger partial charge in [-0.05, 0) is 23.0 Å². The molecule has 0 saturated heterocycles. The van der Waals surface area contributed by atoms with Gasteiger partial charge in [-0.15, -0.1) is 0 Å². The topological polar surface area (TPSA) is 108 Å². The standard InChI is InChI=1S/C33H49N3O4/c1-5-6-7-8-9-10-11-14-23-27(24-28(37)36-40)31(38)35-30(33(2,3)4)32(39)34-29(25-19-15-12-16-20-25)26-21-17-13-18-22-26/h12-13,15-22,27,29-30,40H,5-11,14,23-24H2,1-4H3,(H,34,39)(H,35,38)(H,36,37)/t27?,30-/m1/s1. The molecule has 0 fully saturated rings. The number of benzene rings is 2. The molecule has 0 aliphatic carbocycles. The Balaban J connectivity index is 2.12. The van der Waals surface area contributed by atoms with Crippen LogP contribution in [-0.2, 0) is 14.4 Å². The highest BCUT2D eigenvalue weighted by Crippen LogP contribution is 2.26. The molecule has 0 aromatic heterocycles. The van der Waals surface area contributed by atoms with Crippen molar-refractivity contribution in [2.24, 2.45) is 11.3 Å². The fraction of sp³-hybridized carbons (Fsp3) is 0.545. The Morgan fingerprint density at radius 1 is 0.725 bits per heavy atom. The summed E-state index contributed by atoms with van der Waals surface area (Å²) in [6.07, 6.45) is 9.40. The molecular weight excluding hydrogens is 502 g/mol. The summed E-state index contributed by atoms with van der Waals surface area (Å²) in [7, 11) is 0.